The summed E-state index contributed by atoms with van der Waals surface area (Å²) in [5.41, 5.74) is 1.99. The summed E-state index contributed by atoms with van der Waals surface area (Å²) in [6, 6.07) is 16.3. The molecule has 3 rings (SSSR count). The molecule has 0 saturated carbocycles. The van der Waals surface area contributed by atoms with Crippen molar-refractivity contribution in [1.82, 2.24) is 10.2 Å². The van der Waals surface area contributed by atoms with Crippen molar-refractivity contribution < 1.29 is 4.79 Å². The van der Waals surface area contributed by atoms with Gasteiger partial charge in [0.25, 0.3) is 5.91 Å². The summed E-state index contributed by atoms with van der Waals surface area (Å²) < 4.78 is 0. The summed E-state index contributed by atoms with van der Waals surface area (Å²) in [5.74, 6) is 1.01. The lowest BCUT2D eigenvalue weighted by Gasteiger charge is -2.32. The molecule has 1 unspecified atom stereocenters. The number of halogens is 2. The maximum atomic E-state index is 12.7. The van der Waals surface area contributed by atoms with Gasteiger partial charge in [0.1, 0.15) is 0 Å². The topological polar surface area (TPSA) is 32.3 Å². The number of nitrogens with one attached hydrogen (secondary N) is 1. The van der Waals surface area contributed by atoms with E-state index < -0.39 is 0 Å². The van der Waals surface area contributed by atoms with Crippen LogP contribution in [0, 0.1) is 0 Å². The summed E-state index contributed by atoms with van der Waals surface area (Å²) in [7, 11) is 1.96. The normalized spacial score (nSPS) is 16.8. The first kappa shape index (κ1) is 21.1. The fourth-order valence-corrected chi connectivity index (χ4v) is 4.00. The second-order valence-electron chi connectivity index (χ2n) is 6.32. The largest absolute Gasteiger partial charge is 0.337 e. The van der Waals surface area contributed by atoms with Crippen LogP contribution in [0.4, 0.5) is 0 Å². The van der Waals surface area contributed by atoms with Crippen LogP contribution in [0.5, 0.6) is 0 Å². The van der Waals surface area contributed by atoms with Gasteiger partial charge in [0, 0.05) is 40.4 Å². The molecule has 0 radical (unpaired) electrons. The molecule has 3 nitrogen and oxygen atoms in total. The van der Waals surface area contributed by atoms with Crippen LogP contribution in [0.3, 0.4) is 0 Å². The molecule has 140 valence electrons. The molecule has 6 heteroatoms. The van der Waals surface area contributed by atoms with E-state index in [0.717, 1.165) is 42.3 Å². The molecule has 0 aliphatic carbocycles. The molecule has 1 amide bonds. The van der Waals surface area contributed by atoms with Gasteiger partial charge in [-0.3, -0.25) is 4.79 Å². The molecule has 1 N–H and O–H groups in total. The predicted molar refractivity (Wildman–Crippen MR) is 113 cm³/mol. The van der Waals surface area contributed by atoms with E-state index in [9.17, 15) is 4.79 Å². The zero-order valence-corrected chi connectivity index (χ0v) is 17.2. The van der Waals surface area contributed by atoms with E-state index in [0.29, 0.717) is 6.04 Å². The first-order valence-corrected chi connectivity index (χ1v) is 9.96. The number of benzene rings is 2. The Labute approximate surface area is 170 Å². The highest BCUT2D eigenvalue weighted by molar-refractivity contribution is 7.98. The smallest absolute Gasteiger partial charge is 0.253 e. The van der Waals surface area contributed by atoms with Crippen molar-refractivity contribution in [2.24, 2.45) is 0 Å². The van der Waals surface area contributed by atoms with Crippen LogP contribution in [0.25, 0.3) is 0 Å². The van der Waals surface area contributed by atoms with Crippen molar-refractivity contribution in [2.45, 2.75) is 29.5 Å². The Morgan fingerprint density at radius 3 is 2.54 bits per heavy atom. The lowest BCUT2D eigenvalue weighted by molar-refractivity contribution is 0.0698. The number of thioether (sulfide) groups is 1. The summed E-state index contributed by atoms with van der Waals surface area (Å²) in [4.78, 5) is 15.8. The minimum Gasteiger partial charge on any atom is -0.337 e. The summed E-state index contributed by atoms with van der Waals surface area (Å²) in [6.07, 6.45) is 2.20. The van der Waals surface area contributed by atoms with Gasteiger partial charge >= 0.3 is 0 Å². The molecule has 2 aromatic carbocycles. The second kappa shape index (κ2) is 10.2. The third kappa shape index (κ3) is 5.65. The fourth-order valence-electron chi connectivity index (χ4n) is 3.02. The predicted octanol–water partition coefficient (Wildman–Crippen LogP) is 4.88. The molecule has 0 spiro atoms. The van der Waals surface area contributed by atoms with Gasteiger partial charge < -0.3 is 10.2 Å². The first-order chi connectivity index (χ1) is 12.2. The standard InChI is InChI=1S/C20H23ClN2OS.ClH/c1-22-18-3-2-12-23(13-18)20(24)16-6-4-15(5-7-16)14-25-19-10-8-17(21)9-11-19;/h4-11,18,22H,2-3,12-14H2,1H3;1H. The zero-order valence-electron chi connectivity index (χ0n) is 14.8. The quantitative estimate of drug-likeness (QED) is 0.712. The van der Waals surface area contributed by atoms with Crippen molar-refractivity contribution >= 4 is 41.7 Å². The maximum Gasteiger partial charge on any atom is 0.253 e. The molecule has 2 aromatic rings. The maximum absolute atomic E-state index is 12.7. The van der Waals surface area contributed by atoms with E-state index in [1.165, 1.54) is 10.5 Å². The Bertz CT molecular complexity index is 707. The Balaban J connectivity index is 0.00000243. The van der Waals surface area contributed by atoms with Gasteiger partial charge in [-0.25, -0.2) is 0 Å². The number of rotatable bonds is 5. The number of nitrogens with zero attached hydrogens (tertiary/aromatic N) is 1. The molecule has 26 heavy (non-hydrogen) atoms. The average Bonchev–Trinajstić information content (AvgIpc) is 2.67. The van der Waals surface area contributed by atoms with Gasteiger partial charge in [-0.15, -0.1) is 24.2 Å². The van der Waals surface area contributed by atoms with Crippen LogP contribution in [0.2, 0.25) is 5.02 Å². The summed E-state index contributed by atoms with van der Waals surface area (Å²) in [6.45, 7) is 1.65. The molecule has 0 aromatic heterocycles. The molecule has 0 bridgehead atoms. The Morgan fingerprint density at radius 1 is 1.19 bits per heavy atom. The van der Waals surface area contributed by atoms with Crippen LogP contribution in [-0.4, -0.2) is 37.0 Å². The van der Waals surface area contributed by atoms with E-state index in [1.807, 2.05) is 48.3 Å². The van der Waals surface area contributed by atoms with Gasteiger partial charge in [0.2, 0.25) is 0 Å². The third-order valence-electron chi connectivity index (χ3n) is 4.54. The van der Waals surface area contributed by atoms with E-state index in [-0.39, 0.29) is 18.3 Å². The highest BCUT2D eigenvalue weighted by Crippen LogP contribution is 2.24. The van der Waals surface area contributed by atoms with Crippen LogP contribution >= 0.6 is 35.8 Å². The van der Waals surface area contributed by atoms with Gasteiger partial charge in [0.05, 0.1) is 0 Å². The highest BCUT2D eigenvalue weighted by atomic mass is 35.5. The van der Waals surface area contributed by atoms with E-state index in [2.05, 4.69) is 17.4 Å². The van der Waals surface area contributed by atoms with E-state index in [1.54, 1.807) is 11.8 Å². The second-order valence-corrected chi connectivity index (χ2v) is 7.80. The molecular formula is C20H24Cl2N2OS. The molecular weight excluding hydrogens is 387 g/mol. The number of hydrogen-bond donors (Lipinski definition) is 1. The van der Waals surface area contributed by atoms with E-state index >= 15 is 0 Å². The van der Waals surface area contributed by atoms with Gasteiger partial charge in [0.15, 0.2) is 0 Å². The lowest BCUT2D eigenvalue weighted by Crippen LogP contribution is -2.46. The van der Waals surface area contributed by atoms with Crippen molar-refractivity contribution in [3.63, 3.8) is 0 Å². The zero-order chi connectivity index (χ0) is 17.6. The SMILES string of the molecule is CNC1CCCN(C(=O)c2ccc(CSc3ccc(Cl)cc3)cc2)C1.Cl. The van der Waals surface area contributed by atoms with Crippen LogP contribution in [0.15, 0.2) is 53.4 Å². The molecule has 1 aliphatic heterocycles. The number of hydrogen-bond acceptors (Lipinski definition) is 3. The summed E-state index contributed by atoms with van der Waals surface area (Å²) >= 11 is 7.67. The van der Waals surface area contributed by atoms with Crippen molar-refractivity contribution in [1.29, 1.82) is 0 Å². The number of likely N-dealkylation sites (tertiary alicyclic amines) is 1. The lowest BCUT2D eigenvalue weighted by atomic mass is 10.0. The third-order valence-corrected chi connectivity index (χ3v) is 5.87. The van der Waals surface area contributed by atoms with Crippen LogP contribution in [-0.2, 0) is 5.75 Å². The van der Waals surface area contributed by atoms with Gasteiger partial charge in [-0.2, -0.15) is 0 Å². The summed E-state index contributed by atoms with van der Waals surface area (Å²) in [5, 5.41) is 4.04. The van der Waals surface area contributed by atoms with Crippen molar-refractivity contribution in [3.05, 3.63) is 64.7 Å². The fraction of sp³-hybridized carbons (Fsp3) is 0.350. The monoisotopic (exact) mass is 410 g/mol. The van der Waals surface area contributed by atoms with Gasteiger partial charge in [-0.1, -0.05) is 23.7 Å². The number of carbonyl (C=O) groups excluding carboxylic acids is 1. The van der Waals surface area contributed by atoms with E-state index in [4.69, 9.17) is 11.6 Å². The molecule has 1 heterocycles. The Hall–Kier alpha value is -1.20. The minimum absolute atomic E-state index is 0. The highest BCUT2D eigenvalue weighted by Gasteiger charge is 2.23. The number of carbonyl (C=O) groups is 1. The van der Waals surface area contributed by atoms with Gasteiger partial charge in [-0.05, 0) is 61.9 Å². The Morgan fingerprint density at radius 2 is 1.88 bits per heavy atom. The van der Waals surface area contributed by atoms with Crippen LogP contribution in [0.1, 0.15) is 28.8 Å². The molecule has 1 fully saturated rings. The Kier molecular flexibility index (Phi) is 8.29. The first-order valence-electron chi connectivity index (χ1n) is 8.59. The van der Waals surface area contributed by atoms with Crippen LogP contribution < -0.4 is 5.32 Å². The average molecular weight is 411 g/mol. The minimum atomic E-state index is 0. The molecule has 1 saturated heterocycles. The molecule has 1 atom stereocenters. The van der Waals surface area contributed by atoms with Crippen molar-refractivity contribution in [2.75, 3.05) is 20.1 Å². The molecule has 1 aliphatic rings. The van der Waals surface area contributed by atoms with Crippen molar-refractivity contribution in [3.8, 4) is 0 Å². The number of amides is 1. The number of likely N-dealkylation sites (N-methyl/N-ethyl adjacent to an activating group) is 1. The number of piperidine rings is 1.